The summed E-state index contributed by atoms with van der Waals surface area (Å²) >= 11 is 0. The van der Waals surface area contributed by atoms with Crippen molar-refractivity contribution in [3.8, 4) is 0 Å². The van der Waals surface area contributed by atoms with Gasteiger partial charge < -0.3 is 4.74 Å². The SMILES string of the molecule is CC(=O)O[C@H]1C[C@H]2C[C@@H]1[C@@H]1[C@@H]2[C@H]2C=C[C@H]1C2. The number of carbonyl (C=O) groups is 1. The Kier molecular flexibility index (Phi) is 1.68. The van der Waals surface area contributed by atoms with Gasteiger partial charge in [0.05, 0.1) is 0 Å². The summed E-state index contributed by atoms with van der Waals surface area (Å²) in [7, 11) is 0. The van der Waals surface area contributed by atoms with Gasteiger partial charge in [-0.3, -0.25) is 4.79 Å². The number of rotatable bonds is 1. The van der Waals surface area contributed by atoms with Crippen molar-refractivity contribution in [3.05, 3.63) is 12.2 Å². The fraction of sp³-hybridized carbons (Fsp3) is 0.786. The molecule has 2 nitrogen and oxygen atoms in total. The molecule has 3 fully saturated rings. The van der Waals surface area contributed by atoms with Crippen LogP contribution < -0.4 is 0 Å². The van der Waals surface area contributed by atoms with Gasteiger partial charge in [-0.25, -0.2) is 0 Å². The topological polar surface area (TPSA) is 26.3 Å². The van der Waals surface area contributed by atoms with Crippen LogP contribution in [0, 0.1) is 35.5 Å². The van der Waals surface area contributed by atoms with Crippen LogP contribution in [0.3, 0.4) is 0 Å². The van der Waals surface area contributed by atoms with E-state index >= 15 is 0 Å². The lowest BCUT2D eigenvalue weighted by Crippen LogP contribution is -2.35. The van der Waals surface area contributed by atoms with E-state index in [1.54, 1.807) is 6.92 Å². The normalized spacial score (nSPS) is 55.7. The molecule has 0 aromatic heterocycles. The highest BCUT2D eigenvalue weighted by molar-refractivity contribution is 5.66. The maximum Gasteiger partial charge on any atom is 0.302 e. The summed E-state index contributed by atoms with van der Waals surface area (Å²) in [6, 6.07) is 0. The van der Waals surface area contributed by atoms with Gasteiger partial charge in [0, 0.05) is 6.92 Å². The molecule has 86 valence electrons. The minimum absolute atomic E-state index is 0.0900. The molecule has 0 radical (unpaired) electrons. The molecule has 0 aliphatic heterocycles. The van der Waals surface area contributed by atoms with Crippen molar-refractivity contribution in [2.24, 2.45) is 35.5 Å². The summed E-state index contributed by atoms with van der Waals surface area (Å²) in [5.41, 5.74) is 0. The van der Waals surface area contributed by atoms with E-state index in [9.17, 15) is 4.79 Å². The van der Waals surface area contributed by atoms with E-state index in [-0.39, 0.29) is 12.1 Å². The standard InChI is InChI=1S/C14H18O2/c1-7(15)16-12-6-10-5-11(12)14-9-3-2-8(4-9)13(10)14/h2-3,8-14H,4-6H2,1H3/t8-,9-,10+,11-,12-,13+,14+/m0/s1. The lowest BCUT2D eigenvalue weighted by molar-refractivity contribution is -0.150. The first-order valence-corrected chi connectivity index (χ1v) is 6.59. The Morgan fingerprint density at radius 2 is 1.88 bits per heavy atom. The summed E-state index contributed by atoms with van der Waals surface area (Å²) in [5.74, 6) is 4.89. The van der Waals surface area contributed by atoms with Gasteiger partial charge >= 0.3 is 5.97 Å². The molecular weight excluding hydrogens is 200 g/mol. The molecule has 0 saturated heterocycles. The van der Waals surface area contributed by atoms with Crippen LogP contribution in [0.5, 0.6) is 0 Å². The maximum absolute atomic E-state index is 11.1. The predicted molar refractivity (Wildman–Crippen MR) is 59.5 cm³/mol. The van der Waals surface area contributed by atoms with E-state index in [2.05, 4.69) is 12.2 Å². The van der Waals surface area contributed by atoms with E-state index in [1.165, 1.54) is 12.8 Å². The average Bonchev–Trinajstić information content (AvgIpc) is 2.93. The van der Waals surface area contributed by atoms with E-state index in [0.717, 1.165) is 36.0 Å². The third-order valence-corrected chi connectivity index (χ3v) is 5.53. The quantitative estimate of drug-likeness (QED) is 0.384. The summed E-state index contributed by atoms with van der Waals surface area (Å²) in [6.45, 7) is 1.55. The van der Waals surface area contributed by atoms with Crippen LogP contribution in [-0.4, -0.2) is 12.1 Å². The molecule has 3 saturated carbocycles. The molecule has 0 aromatic carbocycles. The minimum atomic E-state index is -0.0900. The van der Waals surface area contributed by atoms with Gasteiger partial charge in [0.2, 0.25) is 0 Å². The van der Waals surface area contributed by atoms with E-state index < -0.39 is 0 Å². The van der Waals surface area contributed by atoms with Crippen LogP contribution >= 0.6 is 0 Å². The molecule has 4 bridgehead atoms. The Labute approximate surface area is 96.0 Å². The van der Waals surface area contributed by atoms with E-state index in [0.29, 0.717) is 5.92 Å². The fourth-order valence-corrected chi connectivity index (χ4v) is 5.30. The third-order valence-electron chi connectivity index (χ3n) is 5.53. The van der Waals surface area contributed by atoms with Crippen molar-refractivity contribution in [2.45, 2.75) is 32.3 Å². The number of ether oxygens (including phenoxy) is 1. The second kappa shape index (κ2) is 2.91. The van der Waals surface area contributed by atoms with Crippen molar-refractivity contribution < 1.29 is 9.53 Å². The molecule has 0 unspecified atom stereocenters. The van der Waals surface area contributed by atoms with Gasteiger partial charge in [0.25, 0.3) is 0 Å². The first kappa shape index (κ1) is 9.26. The molecule has 4 rings (SSSR count). The van der Waals surface area contributed by atoms with Crippen LogP contribution in [0.1, 0.15) is 26.2 Å². The summed E-state index contributed by atoms with van der Waals surface area (Å²) in [4.78, 5) is 11.1. The Balaban J connectivity index is 1.61. The number of allylic oxidation sites excluding steroid dienone is 2. The highest BCUT2D eigenvalue weighted by Crippen LogP contribution is 2.65. The molecule has 0 spiro atoms. The van der Waals surface area contributed by atoms with Gasteiger partial charge in [-0.05, 0) is 54.8 Å². The van der Waals surface area contributed by atoms with Crippen molar-refractivity contribution >= 4 is 5.97 Å². The van der Waals surface area contributed by atoms with Gasteiger partial charge in [0.15, 0.2) is 0 Å². The first-order valence-electron chi connectivity index (χ1n) is 6.59. The smallest absolute Gasteiger partial charge is 0.302 e. The fourth-order valence-electron chi connectivity index (χ4n) is 5.30. The Morgan fingerprint density at radius 3 is 2.62 bits per heavy atom. The van der Waals surface area contributed by atoms with Crippen LogP contribution in [0.4, 0.5) is 0 Å². The van der Waals surface area contributed by atoms with Crippen LogP contribution in [0.25, 0.3) is 0 Å². The van der Waals surface area contributed by atoms with Crippen LogP contribution in [0.15, 0.2) is 12.2 Å². The second-order valence-corrected chi connectivity index (χ2v) is 6.15. The van der Waals surface area contributed by atoms with Crippen molar-refractivity contribution in [1.82, 2.24) is 0 Å². The zero-order chi connectivity index (χ0) is 10.9. The van der Waals surface area contributed by atoms with Crippen molar-refractivity contribution in [2.75, 3.05) is 0 Å². The monoisotopic (exact) mass is 218 g/mol. The molecule has 0 N–H and O–H groups in total. The molecule has 4 aliphatic rings. The van der Waals surface area contributed by atoms with Crippen molar-refractivity contribution in [3.63, 3.8) is 0 Å². The number of esters is 1. The third kappa shape index (κ3) is 1.01. The predicted octanol–water partition coefficient (Wildman–Crippen LogP) is 2.40. The largest absolute Gasteiger partial charge is 0.462 e. The zero-order valence-electron chi connectivity index (χ0n) is 9.63. The van der Waals surface area contributed by atoms with E-state index in [4.69, 9.17) is 4.74 Å². The summed E-state index contributed by atoms with van der Waals surface area (Å²) < 4.78 is 5.50. The van der Waals surface area contributed by atoms with Gasteiger partial charge in [-0.2, -0.15) is 0 Å². The molecule has 7 atom stereocenters. The highest BCUT2D eigenvalue weighted by Gasteiger charge is 2.61. The average molecular weight is 218 g/mol. The Morgan fingerprint density at radius 1 is 1.12 bits per heavy atom. The van der Waals surface area contributed by atoms with Gasteiger partial charge in [-0.1, -0.05) is 12.2 Å². The molecular formula is C14H18O2. The molecule has 0 heterocycles. The first-order chi connectivity index (χ1) is 7.74. The number of carbonyl (C=O) groups excluding carboxylic acids is 1. The summed E-state index contributed by atoms with van der Waals surface area (Å²) in [5, 5.41) is 0. The molecule has 4 aliphatic carbocycles. The zero-order valence-corrected chi connectivity index (χ0v) is 9.63. The number of hydrogen-bond donors (Lipinski definition) is 0. The molecule has 16 heavy (non-hydrogen) atoms. The molecule has 2 heteroatoms. The lowest BCUT2D eigenvalue weighted by Gasteiger charge is -2.36. The second-order valence-electron chi connectivity index (χ2n) is 6.15. The molecule has 0 aromatic rings. The Bertz CT molecular complexity index is 373. The number of hydrogen-bond acceptors (Lipinski definition) is 2. The van der Waals surface area contributed by atoms with Crippen LogP contribution in [-0.2, 0) is 9.53 Å². The summed E-state index contributed by atoms with van der Waals surface area (Å²) in [6.07, 6.45) is 8.97. The number of fused-ring (bicyclic) bond motifs is 9. The van der Waals surface area contributed by atoms with Gasteiger partial charge in [0.1, 0.15) is 6.10 Å². The van der Waals surface area contributed by atoms with E-state index in [1.807, 2.05) is 0 Å². The maximum atomic E-state index is 11.1. The molecule has 0 amide bonds. The minimum Gasteiger partial charge on any atom is -0.462 e. The highest BCUT2D eigenvalue weighted by atomic mass is 16.5. The lowest BCUT2D eigenvalue weighted by atomic mass is 9.72. The van der Waals surface area contributed by atoms with Gasteiger partial charge in [-0.15, -0.1) is 0 Å². The van der Waals surface area contributed by atoms with Crippen LogP contribution in [0.2, 0.25) is 0 Å². The van der Waals surface area contributed by atoms with Crippen molar-refractivity contribution in [1.29, 1.82) is 0 Å². The Hall–Kier alpha value is -0.790.